The molecule has 1 aromatic heterocycles. The van der Waals surface area contributed by atoms with Gasteiger partial charge in [0.2, 0.25) is 5.95 Å². The number of nitrogens with two attached hydrogens (primary N) is 1. The Kier molecular flexibility index (Phi) is 3.55. The smallest absolute Gasteiger partial charge is 0.389 e. The maximum absolute atomic E-state index is 12.1. The maximum Gasteiger partial charge on any atom is 0.389 e. The first-order valence-electron chi connectivity index (χ1n) is 5.78. The van der Waals surface area contributed by atoms with E-state index in [0.29, 0.717) is 16.8 Å². The van der Waals surface area contributed by atoms with Gasteiger partial charge in [0.1, 0.15) is 11.3 Å². The van der Waals surface area contributed by atoms with Gasteiger partial charge in [0.05, 0.1) is 12.6 Å². The molecule has 0 atom stereocenters. The Labute approximate surface area is 108 Å². The van der Waals surface area contributed by atoms with Crippen LogP contribution in [-0.2, 0) is 6.54 Å². The molecule has 0 aliphatic rings. The number of halogens is 3. The molecule has 7 heteroatoms. The van der Waals surface area contributed by atoms with E-state index in [1.807, 2.05) is 0 Å². The average molecular weight is 273 g/mol. The molecule has 0 bridgehead atoms. The first-order valence-corrected chi connectivity index (χ1v) is 5.78. The van der Waals surface area contributed by atoms with E-state index in [1.54, 1.807) is 22.8 Å². The molecule has 0 radical (unpaired) electrons. The van der Waals surface area contributed by atoms with E-state index >= 15 is 0 Å². The van der Waals surface area contributed by atoms with Crippen LogP contribution in [0.25, 0.3) is 11.0 Å². The molecule has 19 heavy (non-hydrogen) atoms. The predicted molar refractivity (Wildman–Crippen MR) is 66.0 cm³/mol. The number of alkyl halides is 3. The number of para-hydroxylation sites is 1. The van der Waals surface area contributed by atoms with Crippen LogP contribution in [0.5, 0.6) is 5.75 Å². The Morgan fingerprint density at radius 3 is 2.74 bits per heavy atom. The largest absolute Gasteiger partial charge is 0.494 e. The highest BCUT2D eigenvalue weighted by atomic mass is 19.4. The predicted octanol–water partition coefficient (Wildman–Crippen LogP) is 2.97. The number of imidazole rings is 1. The van der Waals surface area contributed by atoms with Crippen molar-refractivity contribution < 1.29 is 17.9 Å². The number of nitrogens with zero attached hydrogens (tertiary/aromatic N) is 2. The average Bonchev–Trinajstić information content (AvgIpc) is 2.64. The van der Waals surface area contributed by atoms with Crippen molar-refractivity contribution in [3.8, 4) is 5.75 Å². The molecule has 0 aliphatic heterocycles. The third-order valence-electron chi connectivity index (χ3n) is 2.83. The second kappa shape index (κ2) is 4.99. The third kappa shape index (κ3) is 2.91. The molecule has 4 nitrogen and oxygen atoms in total. The number of aryl methyl sites for hydroxylation is 1. The van der Waals surface area contributed by atoms with Crippen LogP contribution in [0.1, 0.15) is 12.8 Å². The van der Waals surface area contributed by atoms with E-state index in [-0.39, 0.29) is 18.9 Å². The second-order valence-electron chi connectivity index (χ2n) is 4.17. The van der Waals surface area contributed by atoms with Crippen LogP contribution in [0.15, 0.2) is 18.2 Å². The van der Waals surface area contributed by atoms with Gasteiger partial charge in [-0.25, -0.2) is 4.98 Å². The molecule has 0 unspecified atom stereocenters. The fourth-order valence-electron chi connectivity index (χ4n) is 1.98. The summed E-state index contributed by atoms with van der Waals surface area (Å²) in [4.78, 5) is 4.13. The lowest BCUT2D eigenvalue weighted by Crippen LogP contribution is -2.10. The number of nitrogen functional groups attached to an aromatic ring is 1. The van der Waals surface area contributed by atoms with Crippen molar-refractivity contribution in [3.05, 3.63) is 18.2 Å². The molecule has 2 N–H and O–H groups in total. The van der Waals surface area contributed by atoms with E-state index in [9.17, 15) is 13.2 Å². The fourth-order valence-corrected chi connectivity index (χ4v) is 1.98. The molecular formula is C12H14F3N3O. The highest BCUT2D eigenvalue weighted by molar-refractivity contribution is 5.84. The quantitative estimate of drug-likeness (QED) is 0.931. The van der Waals surface area contributed by atoms with Gasteiger partial charge in [-0.05, 0) is 18.6 Å². The Morgan fingerprint density at radius 1 is 1.37 bits per heavy atom. The van der Waals surface area contributed by atoms with Crippen molar-refractivity contribution in [1.29, 1.82) is 0 Å². The molecule has 0 spiro atoms. The van der Waals surface area contributed by atoms with Crippen molar-refractivity contribution in [3.63, 3.8) is 0 Å². The number of hydrogen-bond acceptors (Lipinski definition) is 3. The van der Waals surface area contributed by atoms with Gasteiger partial charge in [0.25, 0.3) is 0 Å². The number of aromatic nitrogens is 2. The van der Waals surface area contributed by atoms with E-state index in [1.165, 1.54) is 7.11 Å². The van der Waals surface area contributed by atoms with Crippen LogP contribution < -0.4 is 10.5 Å². The number of fused-ring (bicyclic) bond motifs is 1. The molecule has 0 saturated heterocycles. The Bertz CT molecular complexity index is 577. The zero-order valence-corrected chi connectivity index (χ0v) is 10.4. The Hall–Kier alpha value is -1.92. The number of ether oxygens (including phenoxy) is 1. The van der Waals surface area contributed by atoms with Crippen LogP contribution >= 0.6 is 0 Å². The van der Waals surface area contributed by atoms with Gasteiger partial charge in [-0.2, -0.15) is 13.2 Å². The molecular weight excluding hydrogens is 259 g/mol. The maximum atomic E-state index is 12.1. The first-order chi connectivity index (χ1) is 8.92. The third-order valence-corrected chi connectivity index (χ3v) is 2.83. The van der Waals surface area contributed by atoms with Crippen molar-refractivity contribution in [1.82, 2.24) is 9.55 Å². The normalized spacial score (nSPS) is 12.0. The van der Waals surface area contributed by atoms with Gasteiger partial charge >= 0.3 is 6.18 Å². The highest BCUT2D eigenvalue weighted by Gasteiger charge is 2.26. The van der Waals surface area contributed by atoms with Gasteiger partial charge in [-0.1, -0.05) is 6.07 Å². The summed E-state index contributed by atoms with van der Waals surface area (Å²) in [6, 6.07) is 5.24. The first kappa shape index (κ1) is 13.5. The van der Waals surface area contributed by atoms with Crippen LogP contribution in [-0.4, -0.2) is 22.8 Å². The fraction of sp³-hybridized carbons (Fsp3) is 0.417. The number of methoxy groups -OCH3 is 1. The summed E-state index contributed by atoms with van der Waals surface area (Å²) in [5.41, 5.74) is 6.99. The van der Waals surface area contributed by atoms with Gasteiger partial charge in [0, 0.05) is 13.0 Å². The SMILES string of the molecule is COc1cccc2c1nc(N)n2CCCC(F)(F)F. The van der Waals surface area contributed by atoms with Crippen LogP contribution in [0, 0.1) is 0 Å². The van der Waals surface area contributed by atoms with Gasteiger partial charge in [0.15, 0.2) is 0 Å². The lowest BCUT2D eigenvalue weighted by atomic mass is 10.2. The summed E-state index contributed by atoms with van der Waals surface area (Å²) in [7, 11) is 1.51. The van der Waals surface area contributed by atoms with Crippen molar-refractivity contribution in [2.75, 3.05) is 12.8 Å². The number of rotatable bonds is 4. The summed E-state index contributed by atoms with van der Waals surface area (Å²) in [5.74, 6) is 0.750. The van der Waals surface area contributed by atoms with Crippen molar-refractivity contribution in [2.45, 2.75) is 25.6 Å². The molecule has 0 amide bonds. The molecule has 0 aliphatic carbocycles. The molecule has 0 fully saturated rings. The van der Waals surface area contributed by atoms with E-state index in [0.717, 1.165) is 0 Å². The summed E-state index contributed by atoms with van der Waals surface area (Å²) < 4.78 is 43.1. The summed E-state index contributed by atoms with van der Waals surface area (Å²) >= 11 is 0. The number of anilines is 1. The minimum Gasteiger partial charge on any atom is -0.494 e. The van der Waals surface area contributed by atoms with Gasteiger partial charge in [-0.3, -0.25) is 0 Å². The van der Waals surface area contributed by atoms with Crippen molar-refractivity contribution >= 4 is 17.0 Å². The lowest BCUT2D eigenvalue weighted by molar-refractivity contribution is -0.135. The van der Waals surface area contributed by atoms with Gasteiger partial charge in [-0.15, -0.1) is 0 Å². The zero-order valence-electron chi connectivity index (χ0n) is 10.4. The topological polar surface area (TPSA) is 53.1 Å². The summed E-state index contributed by atoms with van der Waals surface area (Å²) in [6.45, 7) is 0.176. The molecule has 104 valence electrons. The monoisotopic (exact) mass is 273 g/mol. The zero-order chi connectivity index (χ0) is 14.0. The van der Waals surface area contributed by atoms with E-state index in [2.05, 4.69) is 4.98 Å². The molecule has 1 heterocycles. The van der Waals surface area contributed by atoms with Gasteiger partial charge < -0.3 is 15.0 Å². The van der Waals surface area contributed by atoms with Crippen LogP contribution in [0.4, 0.5) is 19.1 Å². The van der Waals surface area contributed by atoms with E-state index < -0.39 is 12.6 Å². The van der Waals surface area contributed by atoms with Crippen LogP contribution in [0.3, 0.4) is 0 Å². The number of benzene rings is 1. The minimum atomic E-state index is -4.15. The number of hydrogen-bond donors (Lipinski definition) is 1. The summed E-state index contributed by atoms with van der Waals surface area (Å²) in [5, 5.41) is 0. The lowest BCUT2D eigenvalue weighted by Gasteiger charge is -2.08. The second-order valence-corrected chi connectivity index (χ2v) is 4.17. The molecule has 1 aromatic carbocycles. The highest BCUT2D eigenvalue weighted by Crippen LogP contribution is 2.28. The summed E-state index contributed by atoms with van der Waals surface area (Å²) in [6.07, 6.45) is -5.02. The van der Waals surface area contributed by atoms with E-state index in [4.69, 9.17) is 10.5 Å². The van der Waals surface area contributed by atoms with Crippen molar-refractivity contribution in [2.24, 2.45) is 0 Å². The molecule has 0 saturated carbocycles. The standard InChI is InChI=1S/C12H14F3N3O/c1-19-9-5-2-4-8-10(9)17-11(16)18(8)7-3-6-12(13,14)15/h2,4-5H,3,6-7H2,1H3,(H2,16,17). The molecule has 2 aromatic rings. The minimum absolute atomic E-state index is 0.0314. The molecule has 2 rings (SSSR count). The Balaban J connectivity index is 2.26. The Morgan fingerprint density at radius 2 is 2.11 bits per heavy atom. The van der Waals surface area contributed by atoms with Crippen LogP contribution in [0.2, 0.25) is 0 Å².